The highest BCUT2D eigenvalue weighted by molar-refractivity contribution is 7.89. The standard InChI is InChI=1S/C18H16N2O2S/c21-23(22,20-14-16-10-6-7-13-19-16)18-12-5-4-11-17(18)15-8-2-1-3-9-15/h1-13,20H,14H2. The number of hydrogen-bond donors (Lipinski definition) is 1. The van der Waals surface area contributed by atoms with Crippen molar-refractivity contribution < 1.29 is 8.42 Å². The van der Waals surface area contributed by atoms with Gasteiger partial charge in [0.15, 0.2) is 0 Å². The SMILES string of the molecule is O=S(=O)(NCc1ccccn1)c1ccccc1-c1ccccc1. The summed E-state index contributed by atoms with van der Waals surface area (Å²) < 4.78 is 27.9. The van der Waals surface area contributed by atoms with Crippen LogP contribution in [0.25, 0.3) is 11.1 Å². The van der Waals surface area contributed by atoms with Gasteiger partial charge in [0, 0.05) is 11.8 Å². The van der Waals surface area contributed by atoms with Gasteiger partial charge in [-0.25, -0.2) is 13.1 Å². The van der Waals surface area contributed by atoms with Gasteiger partial charge in [0.05, 0.1) is 17.1 Å². The highest BCUT2D eigenvalue weighted by Crippen LogP contribution is 2.26. The third-order valence-electron chi connectivity index (χ3n) is 3.43. The van der Waals surface area contributed by atoms with E-state index in [1.165, 1.54) is 0 Å². The Balaban J connectivity index is 1.92. The number of sulfonamides is 1. The molecule has 0 radical (unpaired) electrons. The van der Waals surface area contributed by atoms with Crippen LogP contribution in [0.5, 0.6) is 0 Å². The van der Waals surface area contributed by atoms with Crippen molar-refractivity contribution in [3.8, 4) is 11.1 Å². The normalized spacial score (nSPS) is 11.3. The van der Waals surface area contributed by atoms with E-state index in [0.29, 0.717) is 11.3 Å². The molecule has 0 bridgehead atoms. The van der Waals surface area contributed by atoms with E-state index in [1.807, 2.05) is 48.5 Å². The molecule has 1 aromatic heterocycles. The summed E-state index contributed by atoms with van der Waals surface area (Å²) in [6.45, 7) is 0.159. The maximum atomic E-state index is 12.7. The van der Waals surface area contributed by atoms with Crippen LogP contribution in [0.4, 0.5) is 0 Å². The molecule has 0 saturated heterocycles. The zero-order chi connectivity index (χ0) is 16.1. The lowest BCUT2D eigenvalue weighted by Gasteiger charge is -2.11. The van der Waals surface area contributed by atoms with E-state index in [9.17, 15) is 8.42 Å². The van der Waals surface area contributed by atoms with E-state index < -0.39 is 10.0 Å². The average molecular weight is 324 g/mol. The largest absolute Gasteiger partial charge is 0.260 e. The first-order valence-corrected chi connectivity index (χ1v) is 8.69. The van der Waals surface area contributed by atoms with Crippen molar-refractivity contribution >= 4 is 10.0 Å². The first-order valence-electron chi connectivity index (χ1n) is 7.21. The van der Waals surface area contributed by atoms with E-state index in [2.05, 4.69) is 9.71 Å². The molecule has 0 aliphatic carbocycles. The van der Waals surface area contributed by atoms with Crippen molar-refractivity contribution in [3.63, 3.8) is 0 Å². The minimum atomic E-state index is -3.63. The van der Waals surface area contributed by atoms with Gasteiger partial charge in [-0.1, -0.05) is 54.6 Å². The van der Waals surface area contributed by atoms with Gasteiger partial charge in [0.25, 0.3) is 0 Å². The monoisotopic (exact) mass is 324 g/mol. The fourth-order valence-corrected chi connectivity index (χ4v) is 3.53. The molecular formula is C18H16N2O2S. The third-order valence-corrected chi connectivity index (χ3v) is 4.89. The molecule has 0 fully saturated rings. The van der Waals surface area contributed by atoms with E-state index in [1.54, 1.807) is 30.5 Å². The molecule has 2 aromatic carbocycles. The van der Waals surface area contributed by atoms with Gasteiger partial charge in [-0.05, 0) is 23.8 Å². The Hall–Kier alpha value is -2.50. The Morgan fingerprint density at radius 1 is 0.826 bits per heavy atom. The van der Waals surface area contributed by atoms with Gasteiger partial charge >= 0.3 is 0 Å². The lowest BCUT2D eigenvalue weighted by molar-refractivity contribution is 0.580. The predicted octanol–water partition coefficient (Wildman–Crippen LogP) is 3.23. The highest BCUT2D eigenvalue weighted by atomic mass is 32.2. The number of nitrogens with one attached hydrogen (secondary N) is 1. The lowest BCUT2D eigenvalue weighted by Crippen LogP contribution is -2.24. The minimum absolute atomic E-state index is 0.159. The molecule has 4 nitrogen and oxygen atoms in total. The van der Waals surface area contributed by atoms with Crippen LogP contribution in [0.1, 0.15) is 5.69 Å². The molecule has 0 aliphatic rings. The molecule has 0 amide bonds. The lowest BCUT2D eigenvalue weighted by atomic mass is 10.1. The van der Waals surface area contributed by atoms with Crippen LogP contribution >= 0.6 is 0 Å². The van der Waals surface area contributed by atoms with Gasteiger partial charge in [-0.2, -0.15) is 0 Å². The Morgan fingerprint density at radius 3 is 2.26 bits per heavy atom. The molecule has 1 N–H and O–H groups in total. The molecule has 0 spiro atoms. The van der Waals surface area contributed by atoms with Crippen molar-refractivity contribution in [1.82, 2.24) is 9.71 Å². The summed E-state index contributed by atoms with van der Waals surface area (Å²) in [5.74, 6) is 0. The van der Waals surface area contributed by atoms with Crippen molar-refractivity contribution in [2.75, 3.05) is 0 Å². The van der Waals surface area contributed by atoms with Crippen LogP contribution in [-0.4, -0.2) is 13.4 Å². The molecule has 3 rings (SSSR count). The number of rotatable bonds is 5. The maximum absolute atomic E-state index is 12.7. The van der Waals surface area contributed by atoms with E-state index in [0.717, 1.165) is 5.56 Å². The van der Waals surface area contributed by atoms with E-state index >= 15 is 0 Å². The average Bonchev–Trinajstić information content (AvgIpc) is 2.62. The molecule has 1 heterocycles. The predicted molar refractivity (Wildman–Crippen MR) is 90.1 cm³/mol. The first-order chi connectivity index (χ1) is 11.2. The number of benzene rings is 2. The smallest absolute Gasteiger partial charge is 0.241 e. The second-order valence-corrected chi connectivity index (χ2v) is 6.74. The fourth-order valence-electron chi connectivity index (χ4n) is 2.31. The highest BCUT2D eigenvalue weighted by Gasteiger charge is 2.18. The van der Waals surface area contributed by atoms with Crippen LogP contribution in [0.2, 0.25) is 0 Å². The summed E-state index contributed by atoms with van der Waals surface area (Å²) in [5.41, 5.74) is 2.22. The van der Waals surface area contributed by atoms with Gasteiger partial charge in [0.2, 0.25) is 10.0 Å². The second-order valence-electron chi connectivity index (χ2n) is 5.01. The quantitative estimate of drug-likeness (QED) is 0.784. The van der Waals surface area contributed by atoms with E-state index in [-0.39, 0.29) is 11.4 Å². The Kier molecular flexibility index (Phi) is 4.50. The zero-order valence-electron chi connectivity index (χ0n) is 12.4. The minimum Gasteiger partial charge on any atom is -0.260 e. The first kappa shape index (κ1) is 15.4. The molecule has 116 valence electrons. The topological polar surface area (TPSA) is 59.1 Å². The molecule has 0 aliphatic heterocycles. The van der Waals surface area contributed by atoms with Crippen LogP contribution in [-0.2, 0) is 16.6 Å². The van der Waals surface area contributed by atoms with Gasteiger partial charge in [-0.15, -0.1) is 0 Å². The zero-order valence-corrected chi connectivity index (χ0v) is 13.2. The van der Waals surface area contributed by atoms with Gasteiger partial charge < -0.3 is 0 Å². The summed E-state index contributed by atoms with van der Waals surface area (Å²) in [5, 5.41) is 0. The van der Waals surface area contributed by atoms with Crippen molar-refractivity contribution in [3.05, 3.63) is 84.7 Å². The number of hydrogen-bond acceptors (Lipinski definition) is 3. The molecule has 0 atom stereocenters. The van der Waals surface area contributed by atoms with Crippen molar-refractivity contribution in [2.24, 2.45) is 0 Å². The summed E-state index contributed by atoms with van der Waals surface area (Å²) in [6.07, 6.45) is 1.64. The van der Waals surface area contributed by atoms with Crippen molar-refractivity contribution in [2.45, 2.75) is 11.4 Å². The van der Waals surface area contributed by atoms with Crippen molar-refractivity contribution in [1.29, 1.82) is 0 Å². The molecule has 3 aromatic rings. The van der Waals surface area contributed by atoms with Gasteiger partial charge in [0.1, 0.15) is 0 Å². The van der Waals surface area contributed by atoms with Crippen LogP contribution in [0, 0.1) is 0 Å². The Morgan fingerprint density at radius 2 is 1.52 bits per heavy atom. The Labute approximate surface area is 135 Å². The molecule has 0 unspecified atom stereocenters. The number of aromatic nitrogens is 1. The van der Waals surface area contributed by atoms with E-state index in [4.69, 9.17) is 0 Å². The molecular weight excluding hydrogens is 308 g/mol. The van der Waals surface area contributed by atoms with Gasteiger partial charge in [-0.3, -0.25) is 4.98 Å². The molecule has 23 heavy (non-hydrogen) atoms. The maximum Gasteiger partial charge on any atom is 0.241 e. The molecule has 5 heteroatoms. The molecule has 0 saturated carbocycles. The number of nitrogens with zero attached hydrogens (tertiary/aromatic N) is 1. The van der Waals surface area contributed by atoms with Crippen LogP contribution in [0.15, 0.2) is 83.9 Å². The van der Waals surface area contributed by atoms with Crippen LogP contribution < -0.4 is 4.72 Å². The summed E-state index contributed by atoms with van der Waals surface area (Å²) in [7, 11) is -3.63. The number of pyridine rings is 1. The Bertz CT molecular complexity index is 879. The summed E-state index contributed by atoms with van der Waals surface area (Å²) in [4.78, 5) is 4.39. The van der Waals surface area contributed by atoms with Crippen LogP contribution in [0.3, 0.4) is 0 Å². The summed E-state index contributed by atoms with van der Waals surface area (Å²) in [6, 6.07) is 21.9. The third kappa shape index (κ3) is 3.64. The second kappa shape index (κ2) is 6.73. The summed E-state index contributed by atoms with van der Waals surface area (Å²) >= 11 is 0. The fraction of sp³-hybridized carbons (Fsp3) is 0.0556.